The molecule has 3 aromatic rings. The molecule has 0 saturated heterocycles. The maximum absolute atomic E-state index is 6.60. The molecule has 0 bridgehead atoms. The highest BCUT2D eigenvalue weighted by Gasteiger charge is 2.35. The Balaban J connectivity index is 2.44. The van der Waals surface area contributed by atoms with Crippen molar-refractivity contribution in [3.05, 3.63) is 93.5 Å². The molecule has 2 nitrogen and oxygen atoms in total. The molecule has 0 aliphatic carbocycles. The number of nitrogens with two attached hydrogens (primary N) is 2. The first-order chi connectivity index (χ1) is 12.2. The van der Waals surface area contributed by atoms with Crippen LogP contribution in [-0.4, -0.2) is 0 Å². The van der Waals surface area contributed by atoms with E-state index in [1.54, 1.807) is 0 Å². The first kappa shape index (κ1) is 18.1. The molecule has 0 aromatic heterocycles. The molecular weight excluding hydrogens is 316 g/mol. The SMILES string of the molecule is Cc1cc(C)c(N)c(C(C)(c2ccccc2)c2cc(C)cc(C)c2N)c1. The number of benzene rings is 3. The summed E-state index contributed by atoms with van der Waals surface area (Å²) in [6.45, 7) is 10.6. The van der Waals surface area contributed by atoms with Crippen LogP contribution in [0.3, 0.4) is 0 Å². The maximum Gasteiger partial charge on any atom is 0.0464 e. The second-order valence-electron chi connectivity index (χ2n) is 7.58. The van der Waals surface area contributed by atoms with E-state index < -0.39 is 5.41 Å². The third-order valence-electron chi connectivity index (χ3n) is 5.49. The molecule has 4 N–H and O–H groups in total. The lowest BCUT2D eigenvalue weighted by Gasteiger charge is -2.35. The summed E-state index contributed by atoms with van der Waals surface area (Å²) < 4.78 is 0. The van der Waals surface area contributed by atoms with Crippen molar-refractivity contribution in [2.45, 2.75) is 40.0 Å². The largest absolute Gasteiger partial charge is 0.398 e. The fraction of sp³-hybridized carbons (Fsp3) is 0.250. The Morgan fingerprint density at radius 3 is 1.50 bits per heavy atom. The normalized spacial score (nSPS) is 11.6. The van der Waals surface area contributed by atoms with E-state index in [0.29, 0.717) is 0 Å². The summed E-state index contributed by atoms with van der Waals surface area (Å²) in [6, 6.07) is 19.2. The molecule has 0 saturated carbocycles. The van der Waals surface area contributed by atoms with E-state index in [0.717, 1.165) is 33.6 Å². The Kier molecular flexibility index (Phi) is 4.53. The van der Waals surface area contributed by atoms with Gasteiger partial charge in [-0.2, -0.15) is 0 Å². The Morgan fingerprint density at radius 2 is 1.08 bits per heavy atom. The molecule has 0 unspecified atom stereocenters. The Morgan fingerprint density at radius 1 is 0.654 bits per heavy atom. The van der Waals surface area contributed by atoms with Gasteiger partial charge in [-0.3, -0.25) is 0 Å². The van der Waals surface area contributed by atoms with Crippen LogP contribution in [0.5, 0.6) is 0 Å². The van der Waals surface area contributed by atoms with Gasteiger partial charge >= 0.3 is 0 Å². The van der Waals surface area contributed by atoms with Crippen LogP contribution in [0.1, 0.15) is 45.9 Å². The molecular formula is C24H28N2. The highest BCUT2D eigenvalue weighted by molar-refractivity contribution is 5.70. The van der Waals surface area contributed by atoms with Crippen molar-refractivity contribution >= 4 is 11.4 Å². The van der Waals surface area contributed by atoms with Crippen molar-refractivity contribution in [1.29, 1.82) is 0 Å². The minimum Gasteiger partial charge on any atom is -0.398 e. The first-order valence-electron chi connectivity index (χ1n) is 9.05. The average Bonchev–Trinajstić information content (AvgIpc) is 2.61. The zero-order chi connectivity index (χ0) is 19.1. The fourth-order valence-electron chi connectivity index (χ4n) is 4.01. The van der Waals surface area contributed by atoms with Gasteiger partial charge < -0.3 is 11.5 Å². The van der Waals surface area contributed by atoms with Crippen LogP contribution in [0.4, 0.5) is 11.4 Å². The lowest BCUT2D eigenvalue weighted by atomic mass is 9.68. The molecule has 0 aliphatic heterocycles. The zero-order valence-electron chi connectivity index (χ0n) is 16.4. The van der Waals surface area contributed by atoms with Crippen LogP contribution in [0, 0.1) is 27.7 Å². The summed E-state index contributed by atoms with van der Waals surface area (Å²) in [6.07, 6.45) is 0. The Hall–Kier alpha value is -2.74. The second-order valence-corrected chi connectivity index (χ2v) is 7.58. The number of rotatable bonds is 3. The van der Waals surface area contributed by atoms with Crippen LogP contribution in [0.25, 0.3) is 0 Å². The van der Waals surface area contributed by atoms with Crippen molar-refractivity contribution in [3.8, 4) is 0 Å². The van der Waals surface area contributed by atoms with Gasteiger partial charge in [0.15, 0.2) is 0 Å². The van der Waals surface area contributed by atoms with E-state index >= 15 is 0 Å². The summed E-state index contributed by atoms with van der Waals surface area (Å²) in [4.78, 5) is 0. The Labute approximate surface area is 156 Å². The van der Waals surface area contributed by atoms with Crippen LogP contribution in [0.2, 0.25) is 0 Å². The van der Waals surface area contributed by atoms with Crippen LogP contribution >= 0.6 is 0 Å². The van der Waals surface area contributed by atoms with Crippen molar-refractivity contribution in [2.24, 2.45) is 0 Å². The highest BCUT2D eigenvalue weighted by Crippen LogP contribution is 2.45. The van der Waals surface area contributed by atoms with E-state index in [1.165, 1.54) is 16.7 Å². The van der Waals surface area contributed by atoms with Gasteiger partial charge in [-0.05, 0) is 62.4 Å². The van der Waals surface area contributed by atoms with Gasteiger partial charge in [-0.25, -0.2) is 0 Å². The predicted octanol–water partition coefficient (Wildman–Crippen LogP) is 5.44. The van der Waals surface area contributed by atoms with Crippen molar-refractivity contribution in [3.63, 3.8) is 0 Å². The summed E-state index contributed by atoms with van der Waals surface area (Å²) in [5.74, 6) is 0. The average molecular weight is 345 g/mol. The third kappa shape index (κ3) is 2.86. The molecule has 0 heterocycles. The monoisotopic (exact) mass is 344 g/mol. The molecule has 0 radical (unpaired) electrons. The molecule has 3 aromatic carbocycles. The quantitative estimate of drug-likeness (QED) is 0.491. The standard InChI is InChI=1S/C24H28N2/c1-15-11-17(3)22(25)20(13-15)24(5,19-9-7-6-8-10-19)21-14-16(2)12-18(4)23(21)26/h6-14H,25-26H2,1-5H3. The van der Waals surface area contributed by atoms with Crippen LogP contribution in [-0.2, 0) is 5.41 Å². The van der Waals surface area contributed by atoms with Crippen LogP contribution < -0.4 is 11.5 Å². The number of anilines is 2. The Bertz CT molecular complexity index is 898. The predicted molar refractivity (Wildman–Crippen MR) is 113 cm³/mol. The van der Waals surface area contributed by atoms with Gasteiger partial charge in [-0.15, -0.1) is 0 Å². The second kappa shape index (κ2) is 6.53. The fourth-order valence-corrected chi connectivity index (χ4v) is 4.01. The summed E-state index contributed by atoms with van der Waals surface area (Å²) in [7, 11) is 0. The minimum absolute atomic E-state index is 0.428. The number of aryl methyl sites for hydroxylation is 4. The molecule has 26 heavy (non-hydrogen) atoms. The van der Waals surface area contributed by atoms with E-state index in [2.05, 4.69) is 83.1 Å². The lowest BCUT2D eigenvalue weighted by Crippen LogP contribution is -2.28. The van der Waals surface area contributed by atoms with Gasteiger partial charge in [0, 0.05) is 16.8 Å². The number of nitrogen functional groups attached to an aromatic ring is 2. The molecule has 0 fully saturated rings. The molecule has 0 atom stereocenters. The van der Waals surface area contributed by atoms with E-state index in [9.17, 15) is 0 Å². The van der Waals surface area contributed by atoms with Crippen LogP contribution in [0.15, 0.2) is 54.6 Å². The van der Waals surface area contributed by atoms with Gasteiger partial charge in [-0.1, -0.05) is 65.7 Å². The summed E-state index contributed by atoms with van der Waals surface area (Å²) >= 11 is 0. The molecule has 3 rings (SSSR count). The lowest BCUT2D eigenvalue weighted by molar-refractivity contribution is 0.694. The molecule has 0 spiro atoms. The summed E-state index contributed by atoms with van der Waals surface area (Å²) in [5, 5.41) is 0. The topological polar surface area (TPSA) is 52.0 Å². The van der Waals surface area contributed by atoms with E-state index in [-0.39, 0.29) is 0 Å². The molecule has 2 heteroatoms. The van der Waals surface area contributed by atoms with Gasteiger partial charge in [0.1, 0.15) is 0 Å². The molecule has 134 valence electrons. The minimum atomic E-state index is -0.428. The van der Waals surface area contributed by atoms with Crippen molar-refractivity contribution in [2.75, 3.05) is 11.5 Å². The first-order valence-corrected chi connectivity index (χ1v) is 9.05. The highest BCUT2D eigenvalue weighted by atomic mass is 14.6. The van der Waals surface area contributed by atoms with Crippen molar-refractivity contribution < 1.29 is 0 Å². The van der Waals surface area contributed by atoms with Crippen molar-refractivity contribution in [1.82, 2.24) is 0 Å². The van der Waals surface area contributed by atoms with E-state index in [4.69, 9.17) is 11.5 Å². The molecule has 0 amide bonds. The molecule has 0 aliphatic rings. The summed E-state index contributed by atoms with van der Waals surface area (Å²) in [5.41, 5.74) is 22.5. The van der Waals surface area contributed by atoms with Gasteiger partial charge in [0.05, 0.1) is 0 Å². The maximum atomic E-state index is 6.60. The third-order valence-corrected chi connectivity index (χ3v) is 5.49. The number of hydrogen-bond acceptors (Lipinski definition) is 2. The van der Waals surface area contributed by atoms with E-state index in [1.807, 2.05) is 6.07 Å². The zero-order valence-corrected chi connectivity index (χ0v) is 16.4. The number of hydrogen-bond donors (Lipinski definition) is 2. The van der Waals surface area contributed by atoms with Gasteiger partial charge in [0.2, 0.25) is 0 Å². The van der Waals surface area contributed by atoms with Gasteiger partial charge in [0.25, 0.3) is 0 Å². The smallest absolute Gasteiger partial charge is 0.0464 e.